The zero-order valence-electron chi connectivity index (χ0n) is 10.3. The Morgan fingerprint density at radius 3 is 2.70 bits per heavy atom. The minimum absolute atomic E-state index is 0.255. The van der Waals surface area contributed by atoms with E-state index in [0.717, 1.165) is 0 Å². The molecule has 6 nitrogen and oxygen atoms in total. The molecule has 1 N–H and O–H groups in total. The molecule has 20 heavy (non-hydrogen) atoms. The van der Waals surface area contributed by atoms with E-state index in [2.05, 4.69) is 15.5 Å². The molecule has 104 valence electrons. The topological polar surface area (TPSA) is 80.9 Å². The van der Waals surface area contributed by atoms with Gasteiger partial charge in [0.15, 0.2) is 5.82 Å². The van der Waals surface area contributed by atoms with Crippen LogP contribution in [0.25, 0.3) is 11.4 Å². The third-order valence-electron chi connectivity index (χ3n) is 3.47. The van der Waals surface area contributed by atoms with Crippen molar-refractivity contribution in [1.29, 1.82) is 0 Å². The minimum Gasteiger partial charge on any atom is -0.481 e. The molecular weight excluding hydrogens is 303 g/mol. The lowest BCUT2D eigenvalue weighted by atomic mass is 10.1. The van der Waals surface area contributed by atoms with E-state index in [0.29, 0.717) is 34.3 Å². The molecule has 0 saturated heterocycles. The molecule has 1 aromatic heterocycles. The molecule has 1 aliphatic rings. The standard InChI is InChI=1S/C12H10Cl2N4O2/c13-8-2-1-7(5-9(8)14)10-15-16-17-18(10)6-12(3-4-12)11(19)20/h1-2,5H,3-4,6H2,(H,19,20). The summed E-state index contributed by atoms with van der Waals surface area (Å²) in [5, 5.41) is 21.5. The van der Waals surface area contributed by atoms with E-state index in [1.807, 2.05) is 0 Å². The van der Waals surface area contributed by atoms with Gasteiger partial charge in [0.1, 0.15) is 0 Å². The van der Waals surface area contributed by atoms with E-state index in [1.54, 1.807) is 18.2 Å². The molecule has 0 bridgehead atoms. The number of aliphatic carboxylic acids is 1. The third kappa shape index (κ3) is 2.25. The van der Waals surface area contributed by atoms with Crippen molar-refractivity contribution < 1.29 is 9.90 Å². The van der Waals surface area contributed by atoms with Crippen LogP contribution in [0, 0.1) is 5.41 Å². The Bertz CT molecular complexity index is 682. The Hall–Kier alpha value is -1.66. The van der Waals surface area contributed by atoms with Gasteiger partial charge < -0.3 is 5.11 Å². The van der Waals surface area contributed by atoms with E-state index in [4.69, 9.17) is 23.2 Å². The lowest BCUT2D eigenvalue weighted by Crippen LogP contribution is -2.22. The van der Waals surface area contributed by atoms with Crippen molar-refractivity contribution in [3.63, 3.8) is 0 Å². The van der Waals surface area contributed by atoms with Gasteiger partial charge in [0.05, 0.1) is 22.0 Å². The second-order valence-corrected chi connectivity index (χ2v) is 5.69. The first-order valence-corrected chi connectivity index (χ1v) is 6.72. The van der Waals surface area contributed by atoms with Crippen molar-refractivity contribution in [2.45, 2.75) is 19.4 Å². The Morgan fingerprint density at radius 1 is 1.35 bits per heavy atom. The monoisotopic (exact) mass is 312 g/mol. The van der Waals surface area contributed by atoms with Crippen LogP contribution in [0.2, 0.25) is 10.0 Å². The quantitative estimate of drug-likeness (QED) is 0.938. The van der Waals surface area contributed by atoms with Crippen LogP contribution in [0.15, 0.2) is 18.2 Å². The fourth-order valence-electron chi connectivity index (χ4n) is 2.03. The summed E-state index contributed by atoms with van der Waals surface area (Å²) in [4.78, 5) is 11.2. The van der Waals surface area contributed by atoms with Gasteiger partial charge >= 0.3 is 5.97 Å². The highest BCUT2D eigenvalue weighted by Gasteiger charge is 2.51. The zero-order chi connectivity index (χ0) is 14.3. The number of carboxylic acid groups (broad SMARTS) is 1. The van der Waals surface area contributed by atoms with E-state index < -0.39 is 11.4 Å². The van der Waals surface area contributed by atoms with Crippen LogP contribution < -0.4 is 0 Å². The Labute approximate surface area is 124 Å². The van der Waals surface area contributed by atoms with E-state index >= 15 is 0 Å². The number of benzene rings is 1. The first-order valence-electron chi connectivity index (χ1n) is 5.97. The molecule has 0 radical (unpaired) electrons. The van der Waals surface area contributed by atoms with Gasteiger partial charge in [-0.25, -0.2) is 4.68 Å². The van der Waals surface area contributed by atoms with Crippen molar-refractivity contribution in [2.24, 2.45) is 5.41 Å². The number of carboxylic acids is 1. The molecule has 0 amide bonds. The first kappa shape index (κ1) is 13.3. The Kier molecular flexibility index (Phi) is 3.14. The van der Waals surface area contributed by atoms with Gasteiger partial charge in [0.2, 0.25) is 0 Å². The molecule has 8 heteroatoms. The fourth-order valence-corrected chi connectivity index (χ4v) is 2.33. The highest BCUT2D eigenvalue weighted by Crippen LogP contribution is 2.47. The number of tetrazole rings is 1. The maximum atomic E-state index is 11.2. The number of halogens is 2. The van der Waals surface area contributed by atoms with Gasteiger partial charge in [-0.3, -0.25) is 4.79 Å². The molecule has 0 atom stereocenters. The van der Waals surface area contributed by atoms with Crippen LogP contribution in [0.5, 0.6) is 0 Å². The van der Waals surface area contributed by atoms with Crippen molar-refractivity contribution in [3.8, 4) is 11.4 Å². The van der Waals surface area contributed by atoms with E-state index in [9.17, 15) is 9.90 Å². The highest BCUT2D eigenvalue weighted by atomic mass is 35.5. The minimum atomic E-state index is -0.812. The van der Waals surface area contributed by atoms with Crippen LogP contribution in [0.1, 0.15) is 12.8 Å². The van der Waals surface area contributed by atoms with Crippen molar-refractivity contribution in [2.75, 3.05) is 0 Å². The summed E-state index contributed by atoms with van der Waals surface area (Å²) in [6.45, 7) is 0.255. The summed E-state index contributed by atoms with van der Waals surface area (Å²) in [5.41, 5.74) is -0.0361. The molecule has 1 saturated carbocycles. The number of hydrogen-bond acceptors (Lipinski definition) is 4. The van der Waals surface area contributed by atoms with Crippen LogP contribution in [-0.4, -0.2) is 31.3 Å². The summed E-state index contributed by atoms with van der Waals surface area (Å²) < 4.78 is 1.50. The highest BCUT2D eigenvalue weighted by molar-refractivity contribution is 6.42. The third-order valence-corrected chi connectivity index (χ3v) is 4.21. The molecule has 2 aromatic rings. The average Bonchev–Trinajstić information content (AvgIpc) is 3.05. The summed E-state index contributed by atoms with van der Waals surface area (Å²) in [6, 6.07) is 5.06. The van der Waals surface area contributed by atoms with Gasteiger partial charge in [-0.1, -0.05) is 23.2 Å². The second kappa shape index (κ2) is 4.71. The molecule has 0 spiro atoms. The maximum Gasteiger partial charge on any atom is 0.311 e. The lowest BCUT2D eigenvalue weighted by molar-refractivity contribution is -0.144. The molecule has 3 rings (SSSR count). The summed E-state index contributed by atoms with van der Waals surface area (Å²) in [5.74, 6) is -0.329. The molecule has 1 fully saturated rings. The maximum absolute atomic E-state index is 11.2. The number of aromatic nitrogens is 4. The first-order chi connectivity index (χ1) is 9.52. The largest absolute Gasteiger partial charge is 0.481 e. The Balaban J connectivity index is 1.94. The van der Waals surface area contributed by atoms with Gasteiger partial charge in [0, 0.05) is 5.56 Å². The van der Waals surface area contributed by atoms with Crippen LogP contribution in [-0.2, 0) is 11.3 Å². The molecule has 0 aliphatic heterocycles. The fraction of sp³-hybridized carbons (Fsp3) is 0.333. The summed E-state index contributed by atoms with van der Waals surface area (Å²) in [7, 11) is 0. The molecule has 1 heterocycles. The van der Waals surface area contributed by atoms with Crippen LogP contribution >= 0.6 is 23.2 Å². The molecule has 0 unspecified atom stereocenters. The van der Waals surface area contributed by atoms with Gasteiger partial charge in [-0.05, 0) is 41.5 Å². The lowest BCUT2D eigenvalue weighted by Gasteiger charge is -2.10. The number of hydrogen-bond donors (Lipinski definition) is 1. The normalized spacial score (nSPS) is 16.1. The summed E-state index contributed by atoms with van der Waals surface area (Å²) in [6.07, 6.45) is 1.28. The smallest absolute Gasteiger partial charge is 0.311 e. The summed E-state index contributed by atoms with van der Waals surface area (Å²) >= 11 is 11.8. The average molecular weight is 313 g/mol. The van der Waals surface area contributed by atoms with Gasteiger partial charge in [0.25, 0.3) is 0 Å². The molecule has 1 aromatic carbocycles. The van der Waals surface area contributed by atoms with E-state index in [-0.39, 0.29) is 6.54 Å². The van der Waals surface area contributed by atoms with Crippen molar-refractivity contribution in [1.82, 2.24) is 20.2 Å². The van der Waals surface area contributed by atoms with Crippen LogP contribution in [0.3, 0.4) is 0 Å². The van der Waals surface area contributed by atoms with Gasteiger partial charge in [-0.2, -0.15) is 0 Å². The van der Waals surface area contributed by atoms with Crippen LogP contribution in [0.4, 0.5) is 0 Å². The predicted octanol–water partition coefficient (Wildman–Crippen LogP) is 2.51. The number of rotatable bonds is 4. The second-order valence-electron chi connectivity index (χ2n) is 4.87. The number of carbonyl (C=O) groups is 1. The zero-order valence-corrected chi connectivity index (χ0v) is 11.8. The van der Waals surface area contributed by atoms with Crippen molar-refractivity contribution in [3.05, 3.63) is 28.2 Å². The molecular formula is C12H10Cl2N4O2. The van der Waals surface area contributed by atoms with E-state index in [1.165, 1.54) is 4.68 Å². The molecule has 1 aliphatic carbocycles. The Morgan fingerprint density at radius 2 is 2.10 bits per heavy atom. The predicted molar refractivity (Wildman–Crippen MR) is 72.6 cm³/mol. The van der Waals surface area contributed by atoms with Crippen molar-refractivity contribution >= 4 is 29.2 Å². The number of nitrogens with zero attached hydrogens (tertiary/aromatic N) is 4. The SMILES string of the molecule is O=C(O)C1(Cn2nnnc2-c2ccc(Cl)c(Cl)c2)CC1. The van der Waals surface area contributed by atoms with Gasteiger partial charge in [-0.15, -0.1) is 5.10 Å².